The molecule has 0 bridgehead atoms. The van der Waals surface area contributed by atoms with Gasteiger partial charge in [0.2, 0.25) is 10.0 Å². The normalized spacial score (nSPS) is 16.7. The fourth-order valence-corrected chi connectivity index (χ4v) is 5.70. The first kappa shape index (κ1) is 26.4. The number of hydrogen-bond donors (Lipinski definition) is 1. The predicted molar refractivity (Wildman–Crippen MR) is 138 cm³/mol. The minimum atomic E-state index is -3.62. The van der Waals surface area contributed by atoms with Gasteiger partial charge in [-0.05, 0) is 49.4 Å². The van der Waals surface area contributed by atoms with E-state index in [-0.39, 0.29) is 12.2 Å². The Balaban J connectivity index is 1.68. The third-order valence-corrected chi connectivity index (χ3v) is 8.28. The van der Waals surface area contributed by atoms with Crippen molar-refractivity contribution in [2.75, 3.05) is 30.5 Å². The standard InChI is InChI=1S/C26H40N4O3S/c1-6-7-8-15-33-19-23(16-20(2)3)29(5)34(31,32)24-11-9-22(10-12-24)18-30-21(4)28-25-17-27-14-13-26(25)30/h9-14,17,20-21,23,28H,6-8,15-16,18-19H2,1-5H3/t21?,23-/m0/s1. The maximum atomic E-state index is 13.4. The van der Waals surface area contributed by atoms with E-state index in [1.807, 2.05) is 24.4 Å². The van der Waals surface area contributed by atoms with Crippen molar-refractivity contribution < 1.29 is 13.2 Å². The summed E-state index contributed by atoms with van der Waals surface area (Å²) in [5.74, 6) is 0.374. The molecule has 2 heterocycles. The minimum absolute atomic E-state index is 0.142. The molecule has 1 N–H and O–H groups in total. The van der Waals surface area contributed by atoms with Crippen LogP contribution in [0.5, 0.6) is 0 Å². The van der Waals surface area contributed by atoms with Crippen LogP contribution in [0.3, 0.4) is 0 Å². The highest BCUT2D eigenvalue weighted by atomic mass is 32.2. The average molecular weight is 489 g/mol. The molecule has 1 aliphatic heterocycles. The Morgan fingerprint density at radius 2 is 1.91 bits per heavy atom. The van der Waals surface area contributed by atoms with E-state index in [0.29, 0.717) is 30.6 Å². The molecule has 2 atom stereocenters. The lowest BCUT2D eigenvalue weighted by Crippen LogP contribution is -2.41. The fraction of sp³-hybridized carbons (Fsp3) is 0.577. The second-order valence-electron chi connectivity index (χ2n) is 9.57. The van der Waals surface area contributed by atoms with Crippen LogP contribution in [0.1, 0.15) is 58.9 Å². The zero-order valence-electron chi connectivity index (χ0n) is 21.2. The molecule has 8 heteroatoms. The van der Waals surface area contributed by atoms with Crippen molar-refractivity contribution in [3.05, 3.63) is 48.3 Å². The van der Waals surface area contributed by atoms with Crippen molar-refractivity contribution >= 4 is 21.4 Å². The number of unbranched alkanes of at least 4 members (excludes halogenated alkanes) is 2. The van der Waals surface area contributed by atoms with Crippen molar-refractivity contribution in [1.82, 2.24) is 9.29 Å². The minimum Gasteiger partial charge on any atom is -0.380 e. The van der Waals surface area contributed by atoms with Gasteiger partial charge in [0.25, 0.3) is 0 Å². The molecule has 1 aromatic heterocycles. The highest BCUT2D eigenvalue weighted by molar-refractivity contribution is 7.89. The number of anilines is 2. The van der Waals surface area contributed by atoms with Crippen molar-refractivity contribution in [1.29, 1.82) is 0 Å². The Morgan fingerprint density at radius 1 is 1.18 bits per heavy atom. The summed E-state index contributed by atoms with van der Waals surface area (Å²) in [6.07, 6.45) is 7.80. The zero-order valence-corrected chi connectivity index (χ0v) is 22.0. The number of aromatic nitrogens is 1. The number of rotatable bonds is 13. The largest absolute Gasteiger partial charge is 0.380 e. The molecule has 0 amide bonds. The lowest BCUT2D eigenvalue weighted by Gasteiger charge is -2.29. The summed E-state index contributed by atoms with van der Waals surface area (Å²) in [4.78, 5) is 6.75. The first-order valence-electron chi connectivity index (χ1n) is 12.4. The predicted octanol–water partition coefficient (Wildman–Crippen LogP) is 5.10. The monoisotopic (exact) mass is 488 g/mol. The van der Waals surface area contributed by atoms with Gasteiger partial charge in [0.1, 0.15) is 0 Å². The molecule has 7 nitrogen and oxygen atoms in total. The molecule has 34 heavy (non-hydrogen) atoms. The summed E-state index contributed by atoms with van der Waals surface area (Å²) in [5, 5.41) is 3.42. The van der Waals surface area contributed by atoms with Crippen LogP contribution in [0, 0.1) is 5.92 Å². The zero-order chi connectivity index (χ0) is 24.7. The van der Waals surface area contributed by atoms with E-state index >= 15 is 0 Å². The summed E-state index contributed by atoms with van der Waals surface area (Å²) in [7, 11) is -1.94. The summed E-state index contributed by atoms with van der Waals surface area (Å²) in [6.45, 7) is 10.3. The molecule has 0 saturated heterocycles. The van der Waals surface area contributed by atoms with E-state index in [9.17, 15) is 8.42 Å². The summed E-state index contributed by atoms with van der Waals surface area (Å²) in [6, 6.07) is 9.07. The van der Waals surface area contributed by atoms with Gasteiger partial charge in [-0.2, -0.15) is 4.31 Å². The van der Waals surface area contributed by atoms with Crippen LogP contribution in [-0.2, 0) is 21.3 Å². The lowest BCUT2D eigenvalue weighted by atomic mass is 10.0. The molecule has 2 aromatic rings. The smallest absolute Gasteiger partial charge is 0.243 e. The summed E-state index contributed by atoms with van der Waals surface area (Å²) >= 11 is 0. The van der Waals surface area contributed by atoms with E-state index in [4.69, 9.17) is 4.74 Å². The van der Waals surface area contributed by atoms with E-state index in [1.54, 1.807) is 25.4 Å². The van der Waals surface area contributed by atoms with Crippen LogP contribution in [0.15, 0.2) is 47.6 Å². The van der Waals surface area contributed by atoms with Gasteiger partial charge in [-0.1, -0.05) is 45.7 Å². The third kappa shape index (κ3) is 6.49. The van der Waals surface area contributed by atoms with Crippen LogP contribution < -0.4 is 10.2 Å². The van der Waals surface area contributed by atoms with Gasteiger partial charge in [0.15, 0.2) is 0 Å². The molecule has 3 rings (SSSR count). The Bertz CT molecular complexity index is 1010. The van der Waals surface area contributed by atoms with Gasteiger partial charge in [-0.25, -0.2) is 8.42 Å². The average Bonchev–Trinajstić information content (AvgIpc) is 3.12. The highest BCUT2D eigenvalue weighted by Crippen LogP contribution is 2.34. The van der Waals surface area contributed by atoms with Crippen molar-refractivity contribution in [3.8, 4) is 0 Å². The second-order valence-corrected chi connectivity index (χ2v) is 11.6. The Labute approximate surface area is 205 Å². The number of nitrogens with zero attached hydrogens (tertiary/aromatic N) is 3. The quantitative estimate of drug-likeness (QED) is 0.395. The number of nitrogens with one attached hydrogen (secondary N) is 1. The van der Waals surface area contributed by atoms with Gasteiger partial charge in [0.05, 0.1) is 35.2 Å². The van der Waals surface area contributed by atoms with E-state index in [2.05, 4.69) is 42.9 Å². The molecule has 1 aromatic carbocycles. The third-order valence-electron chi connectivity index (χ3n) is 6.35. The van der Waals surface area contributed by atoms with E-state index in [0.717, 1.165) is 42.6 Å². The topological polar surface area (TPSA) is 74.8 Å². The van der Waals surface area contributed by atoms with Crippen LogP contribution in [0.2, 0.25) is 0 Å². The van der Waals surface area contributed by atoms with Gasteiger partial charge in [0, 0.05) is 32.4 Å². The number of hydrogen-bond acceptors (Lipinski definition) is 6. The van der Waals surface area contributed by atoms with Crippen molar-refractivity contribution in [2.24, 2.45) is 5.92 Å². The molecule has 1 unspecified atom stereocenters. The number of fused-ring (bicyclic) bond motifs is 1. The lowest BCUT2D eigenvalue weighted by molar-refractivity contribution is 0.0836. The number of ether oxygens (including phenoxy) is 1. The first-order valence-corrected chi connectivity index (χ1v) is 13.8. The molecule has 0 aliphatic carbocycles. The van der Waals surface area contributed by atoms with Crippen LogP contribution in [0.25, 0.3) is 0 Å². The van der Waals surface area contributed by atoms with Gasteiger partial charge >= 0.3 is 0 Å². The van der Waals surface area contributed by atoms with Crippen LogP contribution >= 0.6 is 0 Å². The number of likely N-dealkylation sites (N-methyl/N-ethyl adjacent to an activating group) is 1. The number of benzene rings is 1. The molecule has 0 spiro atoms. The molecule has 0 saturated carbocycles. The van der Waals surface area contributed by atoms with Crippen LogP contribution in [-0.4, -0.2) is 50.2 Å². The molecular weight excluding hydrogens is 448 g/mol. The van der Waals surface area contributed by atoms with Gasteiger partial charge in [-0.3, -0.25) is 4.98 Å². The molecule has 188 valence electrons. The van der Waals surface area contributed by atoms with Gasteiger partial charge in [-0.15, -0.1) is 0 Å². The van der Waals surface area contributed by atoms with Crippen molar-refractivity contribution in [3.63, 3.8) is 0 Å². The molecule has 0 fully saturated rings. The number of pyridine rings is 1. The Kier molecular flexibility index (Phi) is 9.33. The first-order chi connectivity index (χ1) is 16.2. The molecule has 0 radical (unpaired) electrons. The number of sulfonamides is 1. The van der Waals surface area contributed by atoms with E-state index < -0.39 is 10.0 Å². The summed E-state index contributed by atoms with van der Waals surface area (Å²) in [5.41, 5.74) is 3.18. The maximum Gasteiger partial charge on any atom is 0.243 e. The second kappa shape index (κ2) is 12.0. The van der Waals surface area contributed by atoms with Gasteiger partial charge < -0.3 is 15.0 Å². The molecule has 1 aliphatic rings. The van der Waals surface area contributed by atoms with Crippen molar-refractivity contribution in [2.45, 2.75) is 77.0 Å². The maximum absolute atomic E-state index is 13.4. The molecular formula is C26H40N4O3S. The Morgan fingerprint density at radius 3 is 2.59 bits per heavy atom. The SMILES string of the molecule is CCCCCOC[C@H](CC(C)C)N(C)S(=O)(=O)c1ccc(CN2c3ccncc3NC2C)cc1. The highest BCUT2D eigenvalue weighted by Gasteiger charge is 2.29. The van der Waals surface area contributed by atoms with E-state index in [1.165, 1.54) is 4.31 Å². The summed E-state index contributed by atoms with van der Waals surface area (Å²) < 4.78 is 34.2. The Hall–Kier alpha value is -2.16. The fourth-order valence-electron chi connectivity index (χ4n) is 4.35. The van der Waals surface area contributed by atoms with Crippen LogP contribution in [0.4, 0.5) is 11.4 Å².